The second-order valence-electron chi connectivity index (χ2n) is 7.11. The number of rotatable bonds is 6. The summed E-state index contributed by atoms with van der Waals surface area (Å²) < 4.78 is 31.8. The van der Waals surface area contributed by atoms with Gasteiger partial charge in [0, 0.05) is 23.8 Å². The van der Waals surface area contributed by atoms with Crippen molar-refractivity contribution in [3.8, 4) is 0 Å². The van der Waals surface area contributed by atoms with E-state index in [2.05, 4.69) is 5.32 Å². The van der Waals surface area contributed by atoms with E-state index < -0.39 is 34.4 Å². The molecular weight excluding hydrogens is 428 g/mol. The Morgan fingerprint density at radius 3 is 2.43 bits per heavy atom. The van der Waals surface area contributed by atoms with Crippen LogP contribution in [0.25, 0.3) is 0 Å². The fraction of sp³-hybridized carbons (Fsp3) is 0.333. The van der Waals surface area contributed by atoms with Gasteiger partial charge in [0.1, 0.15) is 0 Å². The number of aryl methyl sites for hydroxylation is 1. The number of carbonyl (C=O) groups excluding carboxylic acids is 2. The van der Waals surface area contributed by atoms with Crippen molar-refractivity contribution >= 4 is 39.2 Å². The van der Waals surface area contributed by atoms with Crippen molar-refractivity contribution in [2.24, 2.45) is 5.92 Å². The third-order valence-electron chi connectivity index (χ3n) is 4.97. The number of hydrogen-bond acceptors (Lipinski definition) is 5. The molecule has 160 valence electrons. The Kier molecular flexibility index (Phi) is 7.12. The number of piperidine rings is 1. The van der Waals surface area contributed by atoms with Crippen LogP contribution in [0.2, 0.25) is 5.02 Å². The van der Waals surface area contributed by atoms with Gasteiger partial charge in [-0.05, 0) is 49.6 Å². The van der Waals surface area contributed by atoms with E-state index in [1.165, 1.54) is 4.31 Å². The van der Waals surface area contributed by atoms with Gasteiger partial charge in [-0.3, -0.25) is 9.59 Å². The maximum absolute atomic E-state index is 12.6. The summed E-state index contributed by atoms with van der Waals surface area (Å²) in [4.78, 5) is 24.5. The topological polar surface area (TPSA) is 92.8 Å². The quantitative estimate of drug-likeness (QED) is 0.682. The first-order chi connectivity index (χ1) is 14.3. The molecule has 30 heavy (non-hydrogen) atoms. The minimum absolute atomic E-state index is 0.227. The monoisotopic (exact) mass is 450 g/mol. The highest BCUT2D eigenvalue weighted by Gasteiger charge is 2.32. The SMILES string of the molecule is Cc1ccc(NC(=O)COC(=O)C2CCN(S(=O)(=O)c3ccccc3)CC2)cc1Cl. The van der Waals surface area contributed by atoms with Crippen molar-refractivity contribution < 1.29 is 22.7 Å². The summed E-state index contributed by atoms with van der Waals surface area (Å²) in [5, 5.41) is 3.15. The number of carbonyl (C=O) groups is 2. The van der Waals surface area contributed by atoms with Gasteiger partial charge in [-0.2, -0.15) is 4.31 Å². The molecule has 1 amide bonds. The highest BCUT2D eigenvalue weighted by molar-refractivity contribution is 7.89. The average Bonchev–Trinajstić information content (AvgIpc) is 2.75. The van der Waals surface area contributed by atoms with Gasteiger partial charge in [0.2, 0.25) is 10.0 Å². The highest BCUT2D eigenvalue weighted by atomic mass is 35.5. The molecule has 7 nitrogen and oxygen atoms in total. The van der Waals surface area contributed by atoms with Crippen LogP contribution in [0.1, 0.15) is 18.4 Å². The molecule has 9 heteroatoms. The summed E-state index contributed by atoms with van der Waals surface area (Å²) in [5.74, 6) is -1.40. The Morgan fingerprint density at radius 2 is 1.80 bits per heavy atom. The Bertz CT molecular complexity index is 1020. The predicted octanol–water partition coefficient (Wildman–Crippen LogP) is 3.23. The molecule has 0 bridgehead atoms. The van der Waals surface area contributed by atoms with Crippen LogP contribution in [-0.4, -0.2) is 44.3 Å². The number of esters is 1. The lowest BCUT2D eigenvalue weighted by molar-refractivity contribution is -0.152. The Morgan fingerprint density at radius 1 is 1.13 bits per heavy atom. The van der Waals surface area contributed by atoms with Gasteiger partial charge in [0.25, 0.3) is 5.91 Å². The molecule has 1 N–H and O–H groups in total. The number of sulfonamides is 1. The molecule has 1 aliphatic rings. The third-order valence-corrected chi connectivity index (χ3v) is 7.29. The maximum atomic E-state index is 12.6. The molecule has 1 heterocycles. The number of benzene rings is 2. The van der Waals surface area contributed by atoms with Gasteiger partial charge >= 0.3 is 5.97 Å². The Hall–Kier alpha value is -2.42. The highest BCUT2D eigenvalue weighted by Crippen LogP contribution is 2.24. The van der Waals surface area contributed by atoms with Gasteiger partial charge in [0.15, 0.2) is 6.61 Å². The van der Waals surface area contributed by atoms with Crippen LogP contribution in [-0.2, 0) is 24.3 Å². The number of ether oxygens (including phenoxy) is 1. The van der Waals surface area contributed by atoms with Gasteiger partial charge in [-0.15, -0.1) is 0 Å². The van der Waals surface area contributed by atoms with E-state index in [1.807, 2.05) is 6.92 Å². The van der Waals surface area contributed by atoms with E-state index in [4.69, 9.17) is 16.3 Å². The first-order valence-corrected chi connectivity index (χ1v) is 11.4. The molecule has 2 aromatic rings. The van der Waals surface area contributed by atoms with Crippen LogP contribution >= 0.6 is 11.6 Å². The maximum Gasteiger partial charge on any atom is 0.309 e. The number of halogens is 1. The fourth-order valence-corrected chi connectivity index (χ4v) is 4.87. The molecule has 0 aromatic heterocycles. The first kappa shape index (κ1) is 22.3. The van der Waals surface area contributed by atoms with Crippen molar-refractivity contribution in [1.29, 1.82) is 0 Å². The molecule has 0 unspecified atom stereocenters. The van der Waals surface area contributed by atoms with Crippen molar-refractivity contribution in [1.82, 2.24) is 4.31 Å². The van der Waals surface area contributed by atoms with Crippen LogP contribution in [0.15, 0.2) is 53.4 Å². The summed E-state index contributed by atoms with van der Waals surface area (Å²) in [6, 6.07) is 13.3. The van der Waals surface area contributed by atoms with Gasteiger partial charge in [-0.25, -0.2) is 8.42 Å². The zero-order chi connectivity index (χ0) is 21.7. The summed E-state index contributed by atoms with van der Waals surface area (Å²) in [6.07, 6.45) is 0.695. The molecule has 3 rings (SSSR count). The Balaban J connectivity index is 1.47. The van der Waals surface area contributed by atoms with E-state index in [-0.39, 0.29) is 18.0 Å². The van der Waals surface area contributed by atoms with E-state index in [0.29, 0.717) is 23.6 Å². The lowest BCUT2D eigenvalue weighted by atomic mass is 9.98. The molecule has 0 spiro atoms. The average molecular weight is 451 g/mol. The van der Waals surface area contributed by atoms with E-state index in [9.17, 15) is 18.0 Å². The molecule has 1 aliphatic heterocycles. The van der Waals surface area contributed by atoms with Crippen LogP contribution in [0.4, 0.5) is 5.69 Å². The van der Waals surface area contributed by atoms with Crippen LogP contribution < -0.4 is 5.32 Å². The molecule has 0 aliphatic carbocycles. The minimum Gasteiger partial charge on any atom is -0.455 e. The van der Waals surface area contributed by atoms with Crippen LogP contribution in [0.3, 0.4) is 0 Å². The predicted molar refractivity (Wildman–Crippen MR) is 114 cm³/mol. The minimum atomic E-state index is -3.57. The Labute approximate surface area is 181 Å². The number of hydrogen-bond donors (Lipinski definition) is 1. The zero-order valence-corrected chi connectivity index (χ0v) is 18.1. The fourth-order valence-electron chi connectivity index (χ4n) is 3.20. The lowest BCUT2D eigenvalue weighted by Crippen LogP contribution is -2.40. The molecule has 0 atom stereocenters. The molecular formula is C21H23ClN2O5S. The van der Waals surface area contributed by atoms with E-state index >= 15 is 0 Å². The number of nitrogens with zero attached hydrogens (tertiary/aromatic N) is 1. The zero-order valence-electron chi connectivity index (χ0n) is 16.5. The molecule has 2 aromatic carbocycles. The van der Waals surface area contributed by atoms with Gasteiger partial charge < -0.3 is 10.1 Å². The molecule has 1 fully saturated rings. The smallest absolute Gasteiger partial charge is 0.309 e. The van der Waals surface area contributed by atoms with Gasteiger partial charge in [-0.1, -0.05) is 35.9 Å². The molecule has 1 saturated heterocycles. The lowest BCUT2D eigenvalue weighted by Gasteiger charge is -2.30. The first-order valence-electron chi connectivity index (χ1n) is 9.55. The number of anilines is 1. The van der Waals surface area contributed by atoms with Crippen LogP contribution in [0, 0.1) is 12.8 Å². The molecule has 0 radical (unpaired) electrons. The second kappa shape index (κ2) is 9.59. The van der Waals surface area contributed by atoms with E-state index in [1.54, 1.807) is 48.5 Å². The summed E-state index contributed by atoms with van der Waals surface area (Å²) >= 11 is 6.03. The summed E-state index contributed by atoms with van der Waals surface area (Å²) in [7, 11) is -3.57. The van der Waals surface area contributed by atoms with Crippen molar-refractivity contribution in [2.45, 2.75) is 24.7 Å². The van der Waals surface area contributed by atoms with Gasteiger partial charge in [0.05, 0.1) is 10.8 Å². The van der Waals surface area contributed by atoms with Crippen molar-refractivity contribution in [3.63, 3.8) is 0 Å². The normalized spacial score (nSPS) is 15.5. The largest absolute Gasteiger partial charge is 0.455 e. The summed E-state index contributed by atoms with van der Waals surface area (Å²) in [5.41, 5.74) is 1.41. The van der Waals surface area contributed by atoms with Crippen molar-refractivity contribution in [2.75, 3.05) is 25.0 Å². The number of nitrogens with one attached hydrogen (secondary N) is 1. The number of amides is 1. The standard InChI is InChI=1S/C21H23ClN2O5S/c1-15-7-8-17(13-19(15)22)23-20(25)14-29-21(26)16-9-11-24(12-10-16)30(27,28)18-5-3-2-4-6-18/h2-8,13,16H,9-12,14H2,1H3,(H,23,25). The molecule has 0 saturated carbocycles. The van der Waals surface area contributed by atoms with Crippen LogP contribution in [0.5, 0.6) is 0 Å². The van der Waals surface area contributed by atoms with E-state index in [0.717, 1.165) is 5.56 Å². The summed E-state index contributed by atoms with van der Waals surface area (Å²) in [6.45, 7) is 1.90. The van der Waals surface area contributed by atoms with Crippen molar-refractivity contribution in [3.05, 3.63) is 59.1 Å². The third kappa shape index (κ3) is 5.38. The second-order valence-corrected chi connectivity index (χ2v) is 9.46.